The first kappa shape index (κ1) is 20.0. The molecule has 1 amide bonds. The number of hydrogen-bond donors (Lipinski definition) is 0. The predicted molar refractivity (Wildman–Crippen MR) is 118 cm³/mol. The molecule has 4 nitrogen and oxygen atoms in total. The Labute approximate surface area is 184 Å². The molecule has 1 heterocycles. The van der Waals surface area contributed by atoms with Crippen LogP contribution in [0.3, 0.4) is 0 Å². The van der Waals surface area contributed by atoms with Gasteiger partial charge in [0.15, 0.2) is 0 Å². The summed E-state index contributed by atoms with van der Waals surface area (Å²) >= 11 is 8.44. The van der Waals surface area contributed by atoms with Gasteiger partial charge in [0.05, 0.1) is 19.3 Å². The minimum atomic E-state index is -0.446. The number of methoxy groups -OCH3 is 1. The van der Waals surface area contributed by atoms with Crippen LogP contribution in [0.4, 0.5) is 0 Å². The maximum atomic E-state index is 13.4. The molecule has 0 N–H and O–H groups in total. The quantitative estimate of drug-likeness (QED) is 0.543. The van der Waals surface area contributed by atoms with Crippen molar-refractivity contribution >= 4 is 40.1 Å². The number of halogens is 2. The third-order valence-electron chi connectivity index (χ3n) is 5.77. The lowest BCUT2D eigenvalue weighted by atomic mass is 9.99. The summed E-state index contributed by atoms with van der Waals surface area (Å²) in [5.74, 6) is 0.911. The van der Waals surface area contributed by atoms with E-state index in [0.29, 0.717) is 19.6 Å². The van der Waals surface area contributed by atoms with Crippen molar-refractivity contribution in [2.45, 2.75) is 44.4 Å². The number of rotatable bonds is 5. The molecule has 6 heteroatoms. The maximum Gasteiger partial charge on any atom is 0.252 e. The second kappa shape index (κ2) is 7.84. The van der Waals surface area contributed by atoms with E-state index in [-0.39, 0.29) is 11.4 Å². The molecule has 1 saturated carbocycles. The van der Waals surface area contributed by atoms with Crippen LogP contribution in [0.5, 0.6) is 5.75 Å². The standard InChI is InChI=1S/C22H23ClINO3/c1-14-9-16(23)10-19(24)18(14)11-20-21(26)25(22(7-8-22)13-28-20)12-15-3-5-17(27-2)6-4-15/h3-6,9-10,20H,7-8,11-13H2,1-2H3. The fraction of sp³-hybridized carbons (Fsp3) is 0.409. The largest absolute Gasteiger partial charge is 0.497 e. The van der Waals surface area contributed by atoms with E-state index < -0.39 is 6.10 Å². The van der Waals surface area contributed by atoms with Crippen LogP contribution in [0.1, 0.15) is 29.5 Å². The highest BCUT2D eigenvalue weighted by Crippen LogP contribution is 2.46. The number of hydrogen-bond acceptors (Lipinski definition) is 3. The van der Waals surface area contributed by atoms with Crippen LogP contribution in [0.15, 0.2) is 36.4 Å². The first-order chi connectivity index (χ1) is 13.4. The molecule has 2 aromatic carbocycles. The van der Waals surface area contributed by atoms with E-state index in [1.54, 1.807) is 7.11 Å². The van der Waals surface area contributed by atoms with Crippen molar-refractivity contribution < 1.29 is 14.3 Å². The van der Waals surface area contributed by atoms with E-state index in [4.69, 9.17) is 21.1 Å². The monoisotopic (exact) mass is 511 g/mol. The number of morpholine rings is 1. The molecule has 0 radical (unpaired) electrons. The van der Waals surface area contributed by atoms with Crippen LogP contribution in [0.25, 0.3) is 0 Å². The zero-order valence-corrected chi connectivity index (χ0v) is 18.9. The summed E-state index contributed by atoms with van der Waals surface area (Å²) in [6.07, 6.45) is 2.16. The van der Waals surface area contributed by atoms with E-state index >= 15 is 0 Å². The van der Waals surface area contributed by atoms with Crippen molar-refractivity contribution in [1.82, 2.24) is 4.90 Å². The van der Waals surface area contributed by atoms with E-state index in [2.05, 4.69) is 22.6 Å². The Morgan fingerprint density at radius 1 is 1.29 bits per heavy atom. The Bertz CT molecular complexity index is 872. The lowest BCUT2D eigenvalue weighted by Gasteiger charge is -2.40. The molecule has 2 aliphatic rings. The first-order valence-electron chi connectivity index (χ1n) is 9.42. The van der Waals surface area contributed by atoms with Gasteiger partial charge < -0.3 is 14.4 Å². The molecule has 1 atom stereocenters. The summed E-state index contributed by atoms with van der Waals surface area (Å²) in [6.45, 7) is 3.26. The lowest BCUT2D eigenvalue weighted by Crippen LogP contribution is -2.55. The van der Waals surface area contributed by atoms with Gasteiger partial charge in [-0.25, -0.2) is 0 Å². The Morgan fingerprint density at radius 3 is 2.61 bits per heavy atom. The molecular weight excluding hydrogens is 489 g/mol. The van der Waals surface area contributed by atoms with Gasteiger partial charge in [0.25, 0.3) is 5.91 Å². The summed E-state index contributed by atoms with van der Waals surface area (Å²) in [5.41, 5.74) is 3.23. The van der Waals surface area contributed by atoms with Crippen LogP contribution >= 0.6 is 34.2 Å². The highest BCUT2D eigenvalue weighted by Gasteiger charge is 2.55. The molecule has 1 spiro atoms. The van der Waals surface area contributed by atoms with Crippen molar-refractivity contribution in [3.63, 3.8) is 0 Å². The van der Waals surface area contributed by atoms with Crippen LogP contribution in [0.2, 0.25) is 5.02 Å². The smallest absolute Gasteiger partial charge is 0.252 e. The van der Waals surface area contributed by atoms with Crippen LogP contribution < -0.4 is 4.74 Å². The number of carbonyl (C=O) groups is 1. The first-order valence-corrected chi connectivity index (χ1v) is 10.9. The maximum absolute atomic E-state index is 13.4. The molecule has 148 valence electrons. The average molecular weight is 512 g/mol. The van der Waals surface area contributed by atoms with Gasteiger partial charge in [-0.3, -0.25) is 4.79 Å². The number of benzene rings is 2. The minimum Gasteiger partial charge on any atom is -0.497 e. The van der Waals surface area contributed by atoms with Gasteiger partial charge in [-0.15, -0.1) is 0 Å². The third-order valence-corrected chi connectivity index (χ3v) is 6.95. The molecule has 2 aromatic rings. The van der Waals surface area contributed by atoms with E-state index in [1.165, 1.54) is 0 Å². The zero-order chi connectivity index (χ0) is 19.9. The normalized spacial score (nSPS) is 20.5. The van der Waals surface area contributed by atoms with E-state index in [1.807, 2.05) is 48.2 Å². The van der Waals surface area contributed by atoms with Gasteiger partial charge in [-0.05, 0) is 83.3 Å². The molecule has 1 unspecified atom stereocenters. The Morgan fingerprint density at radius 2 is 2.00 bits per heavy atom. The number of amides is 1. The Hall–Kier alpha value is -1.31. The zero-order valence-electron chi connectivity index (χ0n) is 16.0. The van der Waals surface area contributed by atoms with E-state index in [9.17, 15) is 4.79 Å². The number of ether oxygens (including phenoxy) is 2. The van der Waals surface area contributed by atoms with Crippen LogP contribution in [-0.2, 0) is 22.5 Å². The topological polar surface area (TPSA) is 38.8 Å². The van der Waals surface area contributed by atoms with Gasteiger partial charge in [-0.2, -0.15) is 0 Å². The molecular formula is C22H23ClINO3. The fourth-order valence-electron chi connectivity index (χ4n) is 3.85. The van der Waals surface area contributed by atoms with Gasteiger partial charge in [0.1, 0.15) is 11.9 Å². The predicted octanol–water partition coefficient (Wildman–Crippen LogP) is 4.76. The van der Waals surface area contributed by atoms with Crippen molar-refractivity contribution in [2.75, 3.05) is 13.7 Å². The second-order valence-electron chi connectivity index (χ2n) is 7.68. The van der Waals surface area contributed by atoms with Crippen molar-refractivity contribution in [2.24, 2.45) is 0 Å². The molecule has 1 aliphatic carbocycles. The van der Waals surface area contributed by atoms with Gasteiger partial charge in [0.2, 0.25) is 0 Å². The van der Waals surface area contributed by atoms with Gasteiger partial charge in [-0.1, -0.05) is 23.7 Å². The third kappa shape index (κ3) is 3.89. The molecule has 2 fully saturated rings. The van der Waals surface area contributed by atoms with Crippen LogP contribution in [-0.4, -0.2) is 36.2 Å². The highest BCUT2D eigenvalue weighted by atomic mass is 127. The lowest BCUT2D eigenvalue weighted by molar-refractivity contribution is -0.163. The highest BCUT2D eigenvalue weighted by molar-refractivity contribution is 14.1. The summed E-state index contributed by atoms with van der Waals surface area (Å²) in [5, 5.41) is 0.722. The Kier molecular flexibility index (Phi) is 5.60. The summed E-state index contributed by atoms with van der Waals surface area (Å²) in [7, 11) is 1.66. The summed E-state index contributed by atoms with van der Waals surface area (Å²) in [4.78, 5) is 15.4. The van der Waals surface area contributed by atoms with Crippen molar-refractivity contribution in [1.29, 1.82) is 0 Å². The van der Waals surface area contributed by atoms with Crippen LogP contribution in [0, 0.1) is 10.5 Å². The SMILES string of the molecule is COc1ccc(CN2C(=O)C(Cc3c(C)cc(Cl)cc3I)OCC23CC3)cc1. The molecule has 1 aliphatic heterocycles. The Balaban J connectivity index is 1.54. The number of carbonyl (C=O) groups excluding carboxylic acids is 1. The fourth-order valence-corrected chi connectivity index (χ4v) is 5.29. The van der Waals surface area contributed by atoms with Gasteiger partial charge in [0, 0.05) is 21.6 Å². The average Bonchev–Trinajstić information content (AvgIpc) is 3.44. The van der Waals surface area contributed by atoms with Crippen molar-refractivity contribution in [3.05, 3.63) is 61.7 Å². The number of nitrogens with zero attached hydrogens (tertiary/aromatic N) is 1. The minimum absolute atomic E-state index is 0.0877. The molecule has 4 rings (SSSR count). The van der Waals surface area contributed by atoms with Gasteiger partial charge >= 0.3 is 0 Å². The summed E-state index contributed by atoms with van der Waals surface area (Å²) in [6, 6.07) is 11.8. The molecule has 1 saturated heterocycles. The number of aryl methyl sites for hydroxylation is 1. The molecule has 28 heavy (non-hydrogen) atoms. The second-order valence-corrected chi connectivity index (χ2v) is 9.28. The molecule has 0 aromatic heterocycles. The van der Waals surface area contributed by atoms with Crippen molar-refractivity contribution in [3.8, 4) is 5.75 Å². The van der Waals surface area contributed by atoms with E-state index in [0.717, 1.165) is 43.9 Å². The molecule has 0 bridgehead atoms. The summed E-state index contributed by atoms with van der Waals surface area (Å²) < 4.78 is 12.4.